The highest BCUT2D eigenvalue weighted by atomic mass is 79.9. The molecule has 6 aromatic heterocycles. The van der Waals surface area contributed by atoms with Crippen LogP contribution in [-0.2, 0) is 21.0 Å². The van der Waals surface area contributed by atoms with Gasteiger partial charge in [-0.1, -0.05) is 56.1 Å². The van der Waals surface area contributed by atoms with Gasteiger partial charge >= 0.3 is 11.9 Å². The summed E-state index contributed by atoms with van der Waals surface area (Å²) in [7, 11) is 0. The zero-order valence-corrected chi connectivity index (χ0v) is 41.4. The molecule has 14 heteroatoms. The monoisotopic (exact) mass is 1050 g/mol. The highest BCUT2D eigenvalue weighted by molar-refractivity contribution is 9.10. The highest BCUT2D eigenvalue weighted by Crippen LogP contribution is 2.47. The predicted octanol–water partition coefficient (Wildman–Crippen LogP) is 14.2. The molecule has 0 spiro atoms. The Labute approximate surface area is 402 Å². The first-order chi connectivity index (χ1) is 31.0. The predicted molar refractivity (Wildman–Crippen MR) is 268 cm³/mol. The van der Waals surface area contributed by atoms with E-state index in [-0.39, 0.29) is 24.8 Å². The van der Waals surface area contributed by atoms with Crippen LogP contribution in [0, 0.1) is 13.8 Å². The number of carbonyl (C=O) groups is 4. The smallest absolute Gasteiger partial charge is 0.341 e. The summed E-state index contributed by atoms with van der Waals surface area (Å²) in [4.78, 5) is 57.3. The summed E-state index contributed by atoms with van der Waals surface area (Å²) in [6.45, 7) is 7.93. The molecule has 0 unspecified atom stereocenters. The van der Waals surface area contributed by atoms with Gasteiger partial charge in [-0.15, -0.1) is 46.2 Å². The maximum atomic E-state index is 14.4. The molecule has 0 saturated heterocycles. The van der Waals surface area contributed by atoms with E-state index >= 15 is 0 Å². The molecule has 0 saturated carbocycles. The molecule has 3 aromatic carbocycles. The minimum absolute atomic E-state index is 0.163. The number of benzene rings is 3. The molecule has 9 rings (SSSR count). The van der Waals surface area contributed by atoms with Crippen LogP contribution in [-0.4, -0.2) is 45.5 Å². The number of ether oxygens (including phenoxy) is 2. The number of halogens is 2. The van der Waals surface area contributed by atoms with E-state index in [0.29, 0.717) is 65.3 Å². The minimum Gasteiger partial charge on any atom is -0.462 e. The van der Waals surface area contributed by atoms with Crippen LogP contribution in [0.2, 0.25) is 0 Å². The Morgan fingerprint density at radius 2 is 0.969 bits per heavy atom. The molecule has 0 N–H and O–H groups in total. The summed E-state index contributed by atoms with van der Waals surface area (Å²) in [6.07, 6.45) is 3.92. The van der Waals surface area contributed by atoms with Gasteiger partial charge in [0.15, 0.2) is 0 Å². The Bertz CT molecular complexity index is 3110. The number of nitrogens with zero attached hydrogens (tertiary/aromatic N) is 2. The van der Waals surface area contributed by atoms with Crippen LogP contribution in [0.5, 0.6) is 0 Å². The van der Waals surface area contributed by atoms with E-state index in [1.165, 1.54) is 22.7 Å². The second kappa shape index (κ2) is 18.5. The van der Waals surface area contributed by atoms with Crippen molar-refractivity contribution in [2.75, 3.05) is 13.2 Å². The maximum Gasteiger partial charge on any atom is 0.341 e. The van der Waals surface area contributed by atoms with Crippen molar-refractivity contribution in [3.05, 3.63) is 173 Å². The van der Waals surface area contributed by atoms with Gasteiger partial charge in [0, 0.05) is 54.7 Å². The zero-order chi connectivity index (χ0) is 44.8. The van der Waals surface area contributed by atoms with Crippen LogP contribution in [0.1, 0.15) is 87.3 Å². The molecule has 9 aromatic rings. The molecule has 0 atom stereocenters. The Hall–Kier alpha value is -4.96. The Morgan fingerprint density at radius 1 is 0.578 bits per heavy atom. The number of pyridine rings is 2. The number of esters is 2. The molecule has 322 valence electrons. The van der Waals surface area contributed by atoms with Gasteiger partial charge in [0.2, 0.25) is 11.6 Å². The van der Waals surface area contributed by atoms with E-state index in [0.717, 1.165) is 50.7 Å². The number of aromatic nitrogens is 2. The Balaban J connectivity index is 1.11. The van der Waals surface area contributed by atoms with Crippen LogP contribution in [0.4, 0.5) is 0 Å². The summed E-state index contributed by atoms with van der Waals surface area (Å²) in [5, 5.41) is 1.20. The van der Waals surface area contributed by atoms with Crippen LogP contribution in [0.3, 0.4) is 0 Å². The number of hydrogen-bond acceptors (Lipinski definition) is 10. The zero-order valence-electron chi connectivity index (χ0n) is 35.0. The van der Waals surface area contributed by atoms with E-state index in [4.69, 9.17) is 9.47 Å². The van der Waals surface area contributed by atoms with Gasteiger partial charge in [0.05, 0.1) is 64.6 Å². The van der Waals surface area contributed by atoms with E-state index in [1.807, 2.05) is 95.7 Å². The third-order valence-electron chi connectivity index (χ3n) is 10.8. The molecule has 0 fully saturated rings. The first-order valence-corrected chi connectivity index (χ1v) is 25.6. The van der Waals surface area contributed by atoms with Gasteiger partial charge in [-0.2, -0.15) is 0 Å². The lowest BCUT2D eigenvalue weighted by Gasteiger charge is -2.09. The van der Waals surface area contributed by atoms with Crippen molar-refractivity contribution in [1.82, 2.24) is 8.80 Å². The van der Waals surface area contributed by atoms with E-state index in [1.54, 1.807) is 61.6 Å². The fourth-order valence-corrected chi connectivity index (χ4v) is 13.5. The lowest BCUT2D eigenvalue weighted by molar-refractivity contribution is 0.0521. The minimum atomic E-state index is -0.466. The van der Waals surface area contributed by atoms with Crippen molar-refractivity contribution in [2.24, 2.45) is 0 Å². The van der Waals surface area contributed by atoms with Crippen LogP contribution in [0.15, 0.2) is 127 Å². The summed E-state index contributed by atoms with van der Waals surface area (Å²) < 4.78 is 18.8. The number of fused-ring (bicyclic) bond motifs is 6. The number of carbonyl (C=O) groups excluding carboxylic acids is 4. The quantitative estimate of drug-likeness (QED) is 0.0604. The van der Waals surface area contributed by atoms with Gasteiger partial charge in [0.25, 0.3) is 0 Å². The molecular formula is C50H38Br2N2O6S4. The van der Waals surface area contributed by atoms with Gasteiger partial charge < -0.3 is 18.3 Å². The lowest BCUT2D eigenvalue weighted by Crippen LogP contribution is -2.06. The molecule has 6 heterocycles. The Morgan fingerprint density at radius 3 is 1.34 bits per heavy atom. The van der Waals surface area contributed by atoms with E-state index in [9.17, 15) is 19.2 Å². The molecule has 0 amide bonds. The first kappa shape index (κ1) is 44.3. The van der Waals surface area contributed by atoms with Crippen LogP contribution in [0.25, 0.3) is 32.8 Å². The van der Waals surface area contributed by atoms with Crippen molar-refractivity contribution in [2.45, 2.75) is 47.6 Å². The fraction of sp³-hybridized carbons (Fsp3) is 0.160. The standard InChI is InChI=1S/C50H38Br2N2O6S4/c1-5-59-47(57)37-35-23-27(3)19-21-53(35)41-39(37)45(43(55)29-11-15-33(51)16-12-29)63-49(41)61-25-31-9-7-8-10-32(31)26-62-50-42-40(46(64-50)44(56)30-13-17-34(52)18-14-30)38(48(58)60-6-2)36-24-28(4)20-22-54(36)42/h7-24H,5-6,25-26H2,1-4H3. The van der Waals surface area contributed by atoms with Crippen molar-refractivity contribution in [3.8, 4) is 0 Å². The molecule has 0 aliphatic heterocycles. The second-order valence-corrected chi connectivity index (χ2v) is 21.4. The maximum absolute atomic E-state index is 14.4. The van der Waals surface area contributed by atoms with Crippen molar-refractivity contribution < 1.29 is 28.7 Å². The van der Waals surface area contributed by atoms with Gasteiger partial charge in [-0.05, 0) is 123 Å². The fourth-order valence-electron chi connectivity index (χ4n) is 7.87. The highest BCUT2D eigenvalue weighted by Gasteiger charge is 2.32. The number of aryl methyl sites for hydroxylation is 2. The molecule has 0 aliphatic carbocycles. The number of hydrogen-bond donors (Lipinski definition) is 0. The third-order valence-corrected chi connectivity index (χ3v) is 16.9. The van der Waals surface area contributed by atoms with Gasteiger partial charge in [0.1, 0.15) is 0 Å². The molecule has 0 radical (unpaired) electrons. The van der Waals surface area contributed by atoms with E-state index in [2.05, 4.69) is 44.0 Å². The molecule has 0 bridgehead atoms. The number of thioether (sulfide) groups is 2. The lowest BCUT2D eigenvalue weighted by atomic mass is 10.1. The summed E-state index contributed by atoms with van der Waals surface area (Å²) >= 11 is 13.0. The van der Waals surface area contributed by atoms with Crippen LogP contribution < -0.4 is 0 Å². The molecule has 0 aliphatic rings. The second-order valence-electron chi connectivity index (χ2n) is 15.0. The van der Waals surface area contributed by atoms with Gasteiger partial charge in [-0.3, -0.25) is 9.59 Å². The van der Waals surface area contributed by atoms with Crippen molar-refractivity contribution in [3.63, 3.8) is 0 Å². The number of thiophene rings is 2. The summed E-state index contributed by atoms with van der Waals surface area (Å²) in [6, 6.07) is 30.8. The first-order valence-electron chi connectivity index (χ1n) is 20.4. The summed E-state index contributed by atoms with van der Waals surface area (Å²) in [5.74, 6) is -0.0923. The van der Waals surface area contributed by atoms with Crippen molar-refractivity contribution in [1.29, 1.82) is 0 Å². The molecular weight excluding hydrogens is 1010 g/mol. The largest absolute Gasteiger partial charge is 0.462 e. The average Bonchev–Trinajstić information content (AvgIpc) is 4.02. The SMILES string of the molecule is CCOC(=O)c1c2c(C(=O)c3ccc(Br)cc3)sc(SCc3ccccc3CSc3sc(C(=O)c4ccc(Br)cc4)c4c(C(=O)OCC)c5cc(C)ccn5c34)c2n2ccc(C)cc12. The topological polar surface area (TPSA) is 95.6 Å². The number of ketones is 2. The van der Waals surface area contributed by atoms with Crippen LogP contribution >= 0.6 is 78.1 Å². The normalized spacial score (nSPS) is 11.6. The van der Waals surface area contributed by atoms with Crippen molar-refractivity contribution >= 4 is 134 Å². The third kappa shape index (κ3) is 8.17. The van der Waals surface area contributed by atoms with E-state index < -0.39 is 11.9 Å². The summed E-state index contributed by atoms with van der Waals surface area (Å²) in [5.41, 5.74) is 8.99. The average molecular weight is 1050 g/mol. The molecule has 64 heavy (non-hydrogen) atoms. The Kier molecular flexibility index (Phi) is 12.8. The number of rotatable bonds is 14. The molecule has 8 nitrogen and oxygen atoms in total. The van der Waals surface area contributed by atoms with Gasteiger partial charge in [-0.25, -0.2) is 9.59 Å².